The molecule has 0 aromatic heterocycles. The van der Waals surface area contributed by atoms with E-state index in [1.165, 1.54) is 0 Å². The van der Waals surface area contributed by atoms with Gasteiger partial charge in [-0.05, 0) is 20.5 Å². The summed E-state index contributed by atoms with van der Waals surface area (Å²) in [6, 6.07) is -0.205. The molecule has 1 saturated heterocycles. The monoisotopic (exact) mass is 263 g/mol. The lowest BCUT2D eigenvalue weighted by Crippen LogP contribution is -2.42. The number of carbonyl (C=O) groups is 1. The minimum Gasteiger partial charge on any atom is -0.351 e. The molecule has 17 heavy (non-hydrogen) atoms. The zero-order chi connectivity index (χ0) is 12.9. The Bertz CT molecular complexity index is 354. The second-order valence-electron chi connectivity index (χ2n) is 4.65. The highest BCUT2D eigenvalue weighted by molar-refractivity contribution is 7.91. The number of nitrogens with one attached hydrogen (secondary N) is 2. The Morgan fingerprint density at radius 1 is 1.41 bits per heavy atom. The molecule has 0 aliphatic carbocycles. The molecular weight excluding hydrogens is 242 g/mol. The molecule has 1 rings (SSSR count). The van der Waals surface area contributed by atoms with Crippen LogP contribution in [0, 0.1) is 0 Å². The summed E-state index contributed by atoms with van der Waals surface area (Å²) in [5.41, 5.74) is 0. The van der Waals surface area contributed by atoms with Gasteiger partial charge in [0.25, 0.3) is 0 Å². The highest BCUT2D eigenvalue weighted by atomic mass is 32.2. The molecule has 6 nitrogen and oxygen atoms in total. The second-order valence-corrected chi connectivity index (χ2v) is 6.88. The first-order valence-electron chi connectivity index (χ1n) is 5.74. The van der Waals surface area contributed by atoms with Crippen LogP contribution in [0.4, 0.5) is 0 Å². The summed E-state index contributed by atoms with van der Waals surface area (Å²) in [4.78, 5) is 13.5. The van der Waals surface area contributed by atoms with E-state index in [0.717, 1.165) is 13.1 Å². The van der Waals surface area contributed by atoms with Gasteiger partial charge < -0.3 is 15.5 Å². The maximum absolute atomic E-state index is 11.5. The number of carbonyl (C=O) groups excluding carboxylic acids is 1. The molecule has 0 saturated carbocycles. The van der Waals surface area contributed by atoms with Gasteiger partial charge in [-0.1, -0.05) is 0 Å². The third-order valence-electron chi connectivity index (χ3n) is 2.62. The van der Waals surface area contributed by atoms with Crippen LogP contribution in [0.5, 0.6) is 0 Å². The first kappa shape index (κ1) is 14.4. The van der Waals surface area contributed by atoms with Gasteiger partial charge in [-0.2, -0.15) is 0 Å². The molecule has 1 amide bonds. The molecule has 1 atom stereocenters. The Kier molecular flexibility index (Phi) is 5.35. The van der Waals surface area contributed by atoms with Gasteiger partial charge >= 0.3 is 0 Å². The Morgan fingerprint density at radius 2 is 2.12 bits per heavy atom. The third-order valence-corrected chi connectivity index (χ3v) is 4.39. The minimum atomic E-state index is -2.92. The predicted octanol–water partition coefficient (Wildman–Crippen LogP) is -1.56. The van der Waals surface area contributed by atoms with Crippen molar-refractivity contribution in [1.82, 2.24) is 15.5 Å². The van der Waals surface area contributed by atoms with E-state index in [4.69, 9.17) is 0 Å². The summed E-state index contributed by atoms with van der Waals surface area (Å²) in [7, 11) is 1.01. The summed E-state index contributed by atoms with van der Waals surface area (Å²) in [6.45, 7) is 1.85. The van der Waals surface area contributed by atoms with Gasteiger partial charge in [0, 0.05) is 19.1 Å². The van der Waals surface area contributed by atoms with E-state index in [-0.39, 0.29) is 30.0 Å². The molecule has 0 aromatic rings. The van der Waals surface area contributed by atoms with E-state index in [1.807, 2.05) is 19.0 Å². The molecule has 1 heterocycles. The van der Waals surface area contributed by atoms with Crippen LogP contribution in [-0.2, 0) is 14.6 Å². The van der Waals surface area contributed by atoms with Crippen molar-refractivity contribution in [3.63, 3.8) is 0 Å². The highest BCUT2D eigenvalue weighted by Gasteiger charge is 2.28. The smallest absolute Gasteiger partial charge is 0.234 e. The SMILES string of the molecule is CN(C)CCNCC(=O)NC1CCS(=O)(=O)C1. The molecule has 2 N–H and O–H groups in total. The summed E-state index contributed by atoms with van der Waals surface area (Å²) < 4.78 is 22.4. The van der Waals surface area contributed by atoms with E-state index >= 15 is 0 Å². The number of sulfone groups is 1. The van der Waals surface area contributed by atoms with E-state index < -0.39 is 9.84 Å². The fraction of sp³-hybridized carbons (Fsp3) is 0.900. The summed E-state index contributed by atoms with van der Waals surface area (Å²) in [6.07, 6.45) is 0.534. The number of amides is 1. The van der Waals surface area contributed by atoms with Crippen LogP contribution in [0.15, 0.2) is 0 Å². The summed E-state index contributed by atoms with van der Waals surface area (Å²) in [5.74, 6) is 0.133. The average molecular weight is 263 g/mol. The van der Waals surface area contributed by atoms with E-state index in [9.17, 15) is 13.2 Å². The van der Waals surface area contributed by atoms with Crippen molar-refractivity contribution in [2.75, 3.05) is 45.2 Å². The molecule has 1 fully saturated rings. The topological polar surface area (TPSA) is 78.5 Å². The molecule has 0 bridgehead atoms. The molecule has 0 aromatic carbocycles. The van der Waals surface area contributed by atoms with Gasteiger partial charge in [-0.15, -0.1) is 0 Å². The maximum Gasteiger partial charge on any atom is 0.234 e. The second kappa shape index (κ2) is 6.32. The van der Waals surface area contributed by atoms with Gasteiger partial charge in [-0.25, -0.2) is 8.42 Å². The highest BCUT2D eigenvalue weighted by Crippen LogP contribution is 2.10. The van der Waals surface area contributed by atoms with Crippen LogP contribution < -0.4 is 10.6 Å². The van der Waals surface area contributed by atoms with Crippen LogP contribution in [0.3, 0.4) is 0 Å². The van der Waals surface area contributed by atoms with Crippen LogP contribution in [0.25, 0.3) is 0 Å². The molecule has 0 radical (unpaired) electrons. The predicted molar refractivity (Wildman–Crippen MR) is 66.6 cm³/mol. The van der Waals surface area contributed by atoms with Gasteiger partial charge in [0.2, 0.25) is 5.91 Å². The number of hydrogen-bond acceptors (Lipinski definition) is 5. The Labute approximate surface area is 103 Å². The standard InChI is InChI=1S/C10H21N3O3S/c1-13(2)5-4-11-7-10(14)12-9-3-6-17(15,16)8-9/h9,11H,3-8H2,1-2H3,(H,12,14). The number of nitrogens with zero attached hydrogens (tertiary/aromatic N) is 1. The van der Waals surface area contributed by atoms with Crippen molar-refractivity contribution in [2.45, 2.75) is 12.5 Å². The lowest BCUT2D eigenvalue weighted by molar-refractivity contribution is -0.120. The van der Waals surface area contributed by atoms with Crippen LogP contribution >= 0.6 is 0 Å². The largest absolute Gasteiger partial charge is 0.351 e. The van der Waals surface area contributed by atoms with Gasteiger partial charge in [-0.3, -0.25) is 4.79 Å². The lowest BCUT2D eigenvalue weighted by atomic mass is 10.2. The molecule has 100 valence electrons. The normalized spacial score (nSPS) is 22.9. The Hall–Kier alpha value is -0.660. The van der Waals surface area contributed by atoms with Gasteiger partial charge in [0.05, 0.1) is 18.1 Å². The van der Waals surface area contributed by atoms with E-state index in [0.29, 0.717) is 6.42 Å². The first-order chi connectivity index (χ1) is 7.89. The van der Waals surface area contributed by atoms with Crippen LogP contribution in [-0.4, -0.2) is 70.5 Å². The number of rotatable bonds is 6. The lowest BCUT2D eigenvalue weighted by Gasteiger charge is -2.12. The van der Waals surface area contributed by atoms with Crippen molar-refractivity contribution in [2.24, 2.45) is 0 Å². The van der Waals surface area contributed by atoms with Crippen molar-refractivity contribution >= 4 is 15.7 Å². The van der Waals surface area contributed by atoms with Gasteiger partial charge in [0.1, 0.15) is 0 Å². The number of hydrogen-bond donors (Lipinski definition) is 2. The molecule has 1 aliphatic heterocycles. The van der Waals surface area contributed by atoms with Crippen molar-refractivity contribution < 1.29 is 13.2 Å². The molecular formula is C10H21N3O3S. The average Bonchev–Trinajstić information content (AvgIpc) is 2.52. The quantitative estimate of drug-likeness (QED) is 0.567. The molecule has 7 heteroatoms. The zero-order valence-corrected chi connectivity index (χ0v) is 11.2. The van der Waals surface area contributed by atoms with Crippen LogP contribution in [0.1, 0.15) is 6.42 Å². The Morgan fingerprint density at radius 3 is 2.65 bits per heavy atom. The minimum absolute atomic E-state index is 0.0798. The Balaban J connectivity index is 2.14. The summed E-state index contributed by atoms with van der Waals surface area (Å²) >= 11 is 0. The van der Waals surface area contributed by atoms with Gasteiger partial charge in [0.15, 0.2) is 9.84 Å². The van der Waals surface area contributed by atoms with Crippen molar-refractivity contribution in [3.05, 3.63) is 0 Å². The molecule has 1 aliphatic rings. The zero-order valence-electron chi connectivity index (χ0n) is 10.4. The maximum atomic E-state index is 11.5. The summed E-state index contributed by atoms with van der Waals surface area (Å²) in [5, 5.41) is 5.74. The molecule has 0 spiro atoms. The number of likely N-dealkylation sites (N-methyl/N-ethyl adjacent to an activating group) is 1. The van der Waals surface area contributed by atoms with E-state index in [2.05, 4.69) is 10.6 Å². The van der Waals surface area contributed by atoms with E-state index in [1.54, 1.807) is 0 Å². The fourth-order valence-corrected chi connectivity index (χ4v) is 3.37. The van der Waals surface area contributed by atoms with Crippen LogP contribution in [0.2, 0.25) is 0 Å². The fourth-order valence-electron chi connectivity index (χ4n) is 1.69. The first-order valence-corrected chi connectivity index (χ1v) is 7.56. The van der Waals surface area contributed by atoms with Crippen molar-refractivity contribution in [1.29, 1.82) is 0 Å². The van der Waals surface area contributed by atoms with Crippen molar-refractivity contribution in [3.8, 4) is 0 Å². The molecule has 1 unspecified atom stereocenters. The third kappa shape index (κ3) is 5.99.